The summed E-state index contributed by atoms with van der Waals surface area (Å²) in [6.45, 7) is 2.65. The molecule has 6 nitrogen and oxygen atoms in total. The van der Waals surface area contributed by atoms with Crippen molar-refractivity contribution in [1.82, 2.24) is 14.9 Å². The van der Waals surface area contributed by atoms with Gasteiger partial charge in [-0.25, -0.2) is 4.98 Å². The zero-order valence-electron chi connectivity index (χ0n) is 12.1. The van der Waals surface area contributed by atoms with Gasteiger partial charge in [0, 0.05) is 32.1 Å². The molecule has 1 aromatic rings. The van der Waals surface area contributed by atoms with Crippen molar-refractivity contribution in [2.45, 2.75) is 19.3 Å². The second kappa shape index (κ2) is 5.83. The minimum absolute atomic E-state index is 0.0482. The number of halogens is 1. The normalized spacial score (nSPS) is 19.3. The Balaban J connectivity index is 1.61. The third-order valence-corrected chi connectivity index (χ3v) is 4.22. The smallest absolute Gasteiger partial charge is 0.255 e. The van der Waals surface area contributed by atoms with E-state index in [1.54, 1.807) is 0 Å². The van der Waals surface area contributed by atoms with Gasteiger partial charge in [-0.1, -0.05) is 6.42 Å². The van der Waals surface area contributed by atoms with Crippen LogP contribution in [0.25, 0.3) is 0 Å². The molecule has 7 heteroatoms. The van der Waals surface area contributed by atoms with Crippen LogP contribution in [0.3, 0.4) is 0 Å². The van der Waals surface area contributed by atoms with E-state index < -0.39 is 5.82 Å². The van der Waals surface area contributed by atoms with Gasteiger partial charge >= 0.3 is 0 Å². The molecule has 1 aromatic heterocycles. The number of piperazine rings is 1. The molecule has 0 radical (unpaired) electrons. The molecule has 0 aromatic carbocycles. The Morgan fingerprint density at radius 3 is 2.62 bits per heavy atom. The van der Waals surface area contributed by atoms with E-state index in [1.807, 2.05) is 9.80 Å². The number of rotatable bonds is 3. The van der Waals surface area contributed by atoms with Crippen LogP contribution < -0.4 is 9.64 Å². The molecule has 0 unspecified atom stereocenters. The number of aromatic nitrogens is 2. The van der Waals surface area contributed by atoms with Gasteiger partial charge < -0.3 is 14.5 Å². The maximum Gasteiger partial charge on any atom is 0.255 e. The lowest BCUT2D eigenvalue weighted by Gasteiger charge is -2.38. The number of methoxy groups -OCH3 is 1. The van der Waals surface area contributed by atoms with Gasteiger partial charge in [-0.3, -0.25) is 4.79 Å². The number of carbonyl (C=O) groups is 1. The molecule has 3 rings (SSSR count). The number of amides is 1. The molecular weight excluding hydrogens is 275 g/mol. The minimum atomic E-state index is -0.569. The Labute approximate surface area is 122 Å². The van der Waals surface area contributed by atoms with Gasteiger partial charge in [-0.15, -0.1) is 0 Å². The van der Waals surface area contributed by atoms with Crippen LogP contribution in [-0.2, 0) is 4.79 Å². The summed E-state index contributed by atoms with van der Waals surface area (Å²) in [5.41, 5.74) is 0. The molecule has 2 heterocycles. The highest BCUT2D eigenvalue weighted by atomic mass is 19.1. The molecule has 0 N–H and O–H groups in total. The Morgan fingerprint density at radius 2 is 2.05 bits per heavy atom. The van der Waals surface area contributed by atoms with Gasteiger partial charge in [0.25, 0.3) is 5.88 Å². The first kappa shape index (κ1) is 14.0. The molecule has 2 aliphatic rings. The zero-order valence-corrected chi connectivity index (χ0v) is 12.1. The average molecular weight is 294 g/mol. The fraction of sp³-hybridized carbons (Fsp3) is 0.643. The summed E-state index contributed by atoms with van der Waals surface area (Å²) >= 11 is 0. The Hall–Kier alpha value is -1.92. The van der Waals surface area contributed by atoms with Crippen molar-refractivity contribution in [3.63, 3.8) is 0 Å². The van der Waals surface area contributed by atoms with Crippen molar-refractivity contribution in [3.8, 4) is 5.88 Å². The maximum atomic E-state index is 13.3. The van der Waals surface area contributed by atoms with E-state index in [0.717, 1.165) is 19.0 Å². The van der Waals surface area contributed by atoms with E-state index in [1.165, 1.54) is 13.5 Å². The summed E-state index contributed by atoms with van der Waals surface area (Å²) in [7, 11) is 1.38. The molecule has 0 spiro atoms. The highest BCUT2D eigenvalue weighted by molar-refractivity contribution is 5.79. The number of hydrogen-bond donors (Lipinski definition) is 0. The zero-order chi connectivity index (χ0) is 14.8. The van der Waals surface area contributed by atoms with Gasteiger partial charge in [0.05, 0.1) is 13.3 Å². The van der Waals surface area contributed by atoms with Crippen LogP contribution in [-0.4, -0.2) is 54.1 Å². The van der Waals surface area contributed by atoms with Crippen molar-refractivity contribution in [1.29, 1.82) is 0 Å². The largest absolute Gasteiger partial charge is 0.479 e. The first-order valence-corrected chi connectivity index (χ1v) is 7.29. The third-order valence-electron chi connectivity index (χ3n) is 4.22. The molecule has 1 amide bonds. The topological polar surface area (TPSA) is 58.6 Å². The SMILES string of the molecule is COc1nc(N2CCN(C(=O)C3CCC3)CC2)ncc1F. The average Bonchev–Trinajstić information content (AvgIpc) is 2.46. The van der Waals surface area contributed by atoms with E-state index in [2.05, 4.69) is 9.97 Å². The van der Waals surface area contributed by atoms with Gasteiger partial charge in [-0.2, -0.15) is 9.37 Å². The summed E-state index contributed by atoms with van der Waals surface area (Å²) in [4.78, 5) is 24.1. The van der Waals surface area contributed by atoms with Gasteiger partial charge in [0.2, 0.25) is 17.7 Å². The van der Waals surface area contributed by atoms with Gasteiger partial charge in [0.1, 0.15) is 0 Å². The maximum absolute atomic E-state index is 13.3. The van der Waals surface area contributed by atoms with E-state index in [9.17, 15) is 9.18 Å². The molecule has 1 saturated heterocycles. The summed E-state index contributed by atoms with van der Waals surface area (Å²) in [5.74, 6) is 0.342. The third kappa shape index (κ3) is 2.77. The lowest BCUT2D eigenvalue weighted by atomic mass is 9.84. The van der Waals surface area contributed by atoms with E-state index >= 15 is 0 Å². The number of ether oxygens (including phenoxy) is 1. The number of nitrogens with zero attached hydrogens (tertiary/aromatic N) is 4. The lowest BCUT2D eigenvalue weighted by molar-refractivity contribution is -0.138. The highest BCUT2D eigenvalue weighted by Gasteiger charge is 2.31. The van der Waals surface area contributed by atoms with Crippen molar-refractivity contribution in [2.75, 3.05) is 38.2 Å². The van der Waals surface area contributed by atoms with Crippen molar-refractivity contribution in [2.24, 2.45) is 5.92 Å². The Morgan fingerprint density at radius 1 is 1.33 bits per heavy atom. The molecule has 21 heavy (non-hydrogen) atoms. The monoisotopic (exact) mass is 294 g/mol. The summed E-state index contributed by atoms with van der Waals surface area (Å²) in [6, 6.07) is 0. The second-order valence-electron chi connectivity index (χ2n) is 5.47. The predicted molar refractivity (Wildman–Crippen MR) is 74.7 cm³/mol. The lowest BCUT2D eigenvalue weighted by Crippen LogP contribution is -2.51. The van der Waals surface area contributed by atoms with Crippen LogP contribution >= 0.6 is 0 Å². The fourth-order valence-corrected chi connectivity index (χ4v) is 2.68. The van der Waals surface area contributed by atoms with E-state index in [4.69, 9.17) is 4.74 Å². The van der Waals surface area contributed by atoms with E-state index in [-0.39, 0.29) is 17.7 Å². The fourth-order valence-electron chi connectivity index (χ4n) is 2.68. The summed E-state index contributed by atoms with van der Waals surface area (Å²) in [6.07, 6.45) is 4.33. The quantitative estimate of drug-likeness (QED) is 0.834. The number of anilines is 1. The standard InChI is InChI=1S/C14H19FN4O2/c1-21-12-11(15)9-16-14(17-12)19-7-5-18(6-8-19)13(20)10-3-2-4-10/h9-10H,2-8H2,1H3. The van der Waals surface area contributed by atoms with Gasteiger partial charge in [-0.05, 0) is 12.8 Å². The minimum Gasteiger partial charge on any atom is -0.479 e. The first-order valence-electron chi connectivity index (χ1n) is 7.29. The predicted octanol–water partition coefficient (Wildman–Crippen LogP) is 1.07. The van der Waals surface area contributed by atoms with Crippen molar-refractivity contribution < 1.29 is 13.9 Å². The second-order valence-corrected chi connectivity index (χ2v) is 5.47. The van der Waals surface area contributed by atoms with E-state index in [0.29, 0.717) is 32.1 Å². The number of carbonyl (C=O) groups excluding carboxylic acids is 1. The molecule has 0 atom stereocenters. The van der Waals surface area contributed by atoms with Crippen LogP contribution in [0.5, 0.6) is 5.88 Å². The highest BCUT2D eigenvalue weighted by Crippen LogP contribution is 2.28. The molecule has 0 bridgehead atoms. The van der Waals surface area contributed by atoms with Crippen LogP contribution in [0.1, 0.15) is 19.3 Å². The molecule has 2 fully saturated rings. The molecule has 114 valence electrons. The van der Waals surface area contributed by atoms with Crippen LogP contribution in [0.4, 0.5) is 10.3 Å². The van der Waals surface area contributed by atoms with Gasteiger partial charge in [0.15, 0.2) is 0 Å². The number of hydrogen-bond acceptors (Lipinski definition) is 5. The molecule has 1 aliphatic carbocycles. The molecule has 1 saturated carbocycles. The van der Waals surface area contributed by atoms with Crippen molar-refractivity contribution in [3.05, 3.63) is 12.0 Å². The van der Waals surface area contributed by atoms with Crippen LogP contribution in [0.15, 0.2) is 6.20 Å². The van der Waals surface area contributed by atoms with Crippen molar-refractivity contribution >= 4 is 11.9 Å². The molecular formula is C14H19FN4O2. The molecule has 1 aliphatic heterocycles. The Bertz CT molecular complexity index is 528. The van der Waals surface area contributed by atoms with Crippen LogP contribution in [0.2, 0.25) is 0 Å². The summed E-state index contributed by atoms with van der Waals surface area (Å²) in [5, 5.41) is 0. The summed E-state index contributed by atoms with van der Waals surface area (Å²) < 4.78 is 18.2. The van der Waals surface area contributed by atoms with Crippen LogP contribution in [0, 0.1) is 11.7 Å². The Kier molecular flexibility index (Phi) is 3.90. The first-order chi connectivity index (χ1) is 10.2.